The van der Waals surface area contributed by atoms with E-state index in [1.807, 2.05) is 19.1 Å². The molecular weight excluding hydrogens is 292 g/mol. The van der Waals surface area contributed by atoms with Crippen LogP contribution in [0, 0.1) is 12.8 Å². The molecule has 0 saturated heterocycles. The Hall–Kier alpha value is -2.70. The summed E-state index contributed by atoms with van der Waals surface area (Å²) in [6.07, 6.45) is 3.21. The fourth-order valence-corrected chi connectivity index (χ4v) is 2.52. The van der Waals surface area contributed by atoms with Gasteiger partial charge in [-0.25, -0.2) is 9.67 Å². The van der Waals surface area contributed by atoms with Crippen molar-refractivity contribution in [3.63, 3.8) is 0 Å². The molecule has 0 aliphatic heterocycles. The van der Waals surface area contributed by atoms with Gasteiger partial charge in [-0.3, -0.25) is 4.79 Å². The number of benzene rings is 1. The Bertz CT molecular complexity index is 805. The lowest BCUT2D eigenvalue weighted by Crippen LogP contribution is -2.35. The molecule has 1 atom stereocenters. The van der Waals surface area contributed by atoms with E-state index < -0.39 is 0 Å². The predicted molar refractivity (Wildman–Crippen MR) is 86.6 cm³/mol. The van der Waals surface area contributed by atoms with E-state index in [1.165, 1.54) is 10.2 Å². The van der Waals surface area contributed by atoms with E-state index in [2.05, 4.69) is 45.5 Å². The number of aromatic amines is 1. The molecule has 2 aromatic heterocycles. The van der Waals surface area contributed by atoms with Crippen LogP contribution in [-0.2, 0) is 11.3 Å². The molecule has 0 fully saturated rings. The molecule has 2 N–H and O–H groups in total. The number of nitrogens with zero attached hydrogens (tertiary/aromatic N) is 4. The number of carbonyl (C=O) groups is 1. The first-order chi connectivity index (χ1) is 11.0. The van der Waals surface area contributed by atoms with Crippen molar-refractivity contribution >= 4 is 16.9 Å². The molecule has 120 valence electrons. The highest BCUT2D eigenvalue weighted by Crippen LogP contribution is 2.22. The van der Waals surface area contributed by atoms with E-state index in [0.29, 0.717) is 0 Å². The second-order valence-electron chi connectivity index (χ2n) is 6.03. The van der Waals surface area contributed by atoms with Crippen molar-refractivity contribution in [3.05, 3.63) is 42.0 Å². The third-order valence-electron chi connectivity index (χ3n) is 3.71. The van der Waals surface area contributed by atoms with E-state index in [0.717, 1.165) is 16.9 Å². The maximum absolute atomic E-state index is 12.2. The third kappa shape index (κ3) is 3.39. The summed E-state index contributed by atoms with van der Waals surface area (Å²) in [4.78, 5) is 20.2. The summed E-state index contributed by atoms with van der Waals surface area (Å²) in [7, 11) is 0. The highest BCUT2D eigenvalue weighted by molar-refractivity contribution is 5.77. The molecule has 3 rings (SSSR count). The summed E-state index contributed by atoms with van der Waals surface area (Å²) in [5.41, 5.74) is 3.06. The first-order valence-electron chi connectivity index (χ1n) is 7.62. The first-order valence-corrected chi connectivity index (χ1v) is 7.62. The predicted octanol–water partition coefficient (Wildman–Crippen LogP) is 1.98. The molecule has 1 aromatic carbocycles. The maximum Gasteiger partial charge on any atom is 0.242 e. The molecule has 0 aliphatic rings. The molecule has 0 unspecified atom stereocenters. The molecule has 2 heterocycles. The van der Waals surface area contributed by atoms with E-state index in [9.17, 15) is 4.79 Å². The van der Waals surface area contributed by atoms with Gasteiger partial charge in [0.1, 0.15) is 12.4 Å². The molecule has 0 spiro atoms. The standard InChI is InChI=1S/C16H20N6O/c1-10(2)15(20-14(23)9-22-7-6-17-21-22)16-18-12-5-4-11(3)8-13(12)19-16/h4-8,10,15H,9H2,1-3H3,(H,18,19)(H,20,23)/t15-/m0/s1. The topological polar surface area (TPSA) is 88.5 Å². The minimum atomic E-state index is -0.182. The zero-order chi connectivity index (χ0) is 16.4. The molecule has 1 amide bonds. The zero-order valence-electron chi connectivity index (χ0n) is 13.4. The number of hydrogen-bond acceptors (Lipinski definition) is 4. The second kappa shape index (κ2) is 6.20. The van der Waals surface area contributed by atoms with Gasteiger partial charge in [0.2, 0.25) is 5.91 Å². The van der Waals surface area contributed by atoms with Crippen LogP contribution in [0.4, 0.5) is 0 Å². The lowest BCUT2D eigenvalue weighted by atomic mass is 10.0. The number of rotatable bonds is 5. The van der Waals surface area contributed by atoms with Crippen molar-refractivity contribution in [3.8, 4) is 0 Å². The number of aromatic nitrogens is 5. The Kier molecular flexibility index (Phi) is 4.10. The van der Waals surface area contributed by atoms with Gasteiger partial charge in [0.05, 0.1) is 23.3 Å². The van der Waals surface area contributed by atoms with Crippen molar-refractivity contribution in [1.29, 1.82) is 0 Å². The van der Waals surface area contributed by atoms with E-state index in [-0.39, 0.29) is 24.4 Å². The molecule has 7 heteroatoms. The number of H-pyrrole nitrogens is 1. The van der Waals surface area contributed by atoms with Crippen molar-refractivity contribution in [1.82, 2.24) is 30.3 Å². The number of fused-ring (bicyclic) bond motifs is 1. The Morgan fingerprint density at radius 2 is 2.22 bits per heavy atom. The van der Waals surface area contributed by atoms with Crippen LogP contribution < -0.4 is 5.32 Å². The molecule has 3 aromatic rings. The summed E-state index contributed by atoms with van der Waals surface area (Å²) < 4.78 is 1.49. The second-order valence-corrected chi connectivity index (χ2v) is 6.03. The van der Waals surface area contributed by atoms with Gasteiger partial charge in [-0.1, -0.05) is 25.1 Å². The molecule has 0 saturated carbocycles. The summed E-state index contributed by atoms with van der Waals surface area (Å²) in [6, 6.07) is 5.89. The average molecular weight is 312 g/mol. The maximum atomic E-state index is 12.2. The monoisotopic (exact) mass is 312 g/mol. The summed E-state index contributed by atoms with van der Waals surface area (Å²) in [5.74, 6) is 0.856. The molecule has 0 bridgehead atoms. The molecular formula is C16H20N6O. The number of carbonyl (C=O) groups excluding carboxylic acids is 1. The first kappa shape index (κ1) is 15.2. The molecule has 7 nitrogen and oxygen atoms in total. The van der Waals surface area contributed by atoms with Crippen LogP contribution in [0.1, 0.15) is 31.3 Å². The van der Waals surface area contributed by atoms with Crippen LogP contribution in [0.5, 0.6) is 0 Å². The van der Waals surface area contributed by atoms with Gasteiger partial charge < -0.3 is 10.3 Å². The van der Waals surface area contributed by atoms with Crippen LogP contribution in [0.3, 0.4) is 0 Å². The summed E-state index contributed by atoms with van der Waals surface area (Å²) >= 11 is 0. The normalized spacial score (nSPS) is 12.7. The number of aryl methyl sites for hydroxylation is 1. The molecule has 0 aliphatic carbocycles. The smallest absolute Gasteiger partial charge is 0.242 e. The van der Waals surface area contributed by atoms with Crippen molar-refractivity contribution < 1.29 is 4.79 Å². The van der Waals surface area contributed by atoms with E-state index >= 15 is 0 Å². The summed E-state index contributed by atoms with van der Waals surface area (Å²) in [5, 5.41) is 10.5. The Labute approximate surface area is 134 Å². The van der Waals surface area contributed by atoms with Gasteiger partial charge in [0.15, 0.2) is 0 Å². The van der Waals surface area contributed by atoms with Crippen molar-refractivity contribution in [2.45, 2.75) is 33.4 Å². The van der Waals surface area contributed by atoms with Crippen LogP contribution in [0.25, 0.3) is 11.0 Å². The highest BCUT2D eigenvalue weighted by Gasteiger charge is 2.22. The average Bonchev–Trinajstić information content (AvgIpc) is 3.13. The lowest BCUT2D eigenvalue weighted by Gasteiger charge is -2.20. The SMILES string of the molecule is Cc1ccc2nc([C@@H](NC(=O)Cn3ccnn3)C(C)C)[nH]c2c1. The van der Waals surface area contributed by atoms with Crippen LogP contribution >= 0.6 is 0 Å². The summed E-state index contributed by atoms with van der Waals surface area (Å²) in [6.45, 7) is 6.29. The van der Waals surface area contributed by atoms with Crippen molar-refractivity contribution in [2.75, 3.05) is 0 Å². The number of amides is 1. The zero-order valence-corrected chi connectivity index (χ0v) is 13.4. The largest absolute Gasteiger partial charge is 0.344 e. The minimum absolute atomic E-state index is 0.120. The highest BCUT2D eigenvalue weighted by atomic mass is 16.2. The molecule has 23 heavy (non-hydrogen) atoms. The van der Waals surface area contributed by atoms with Crippen LogP contribution in [0.15, 0.2) is 30.6 Å². The van der Waals surface area contributed by atoms with Gasteiger partial charge in [-0.15, -0.1) is 5.10 Å². The number of hydrogen-bond donors (Lipinski definition) is 2. The lowest BCUT2D eigenvalue weighted by molar-refractivity contribution is -0.123. The van der Waals surface area contributed by atoms with Gasteiger partial charge in [0, 0.05) is 6.20 Å². The van der Waals surface area contributed by atoms with Crippen LogP contribution in [-0.4, -0.2) is 30.9 Å². The minimum Gasteiger partial charge on any atom is -0.344 e. The Morgan fingerprint density at radius 1 is 1.39 bits per heavy atom. The van der Waals surface area contributed by atoms with Crippen LogP contribution in [0.2, 0.25) is 0 Å². The van der Waals surface area contributed by atoms with E-state index in [1.54, 1.807) is 12.4 Å². The Balaban J connectivity index is 1.81. The van der Waals surface area contributed by atoms with Gasteiger partial charge in [-0.05, 0) is 30.5 Å². The molecule has 0 radical (unpaired) electrons. The van der Waals surface area contributed by atoms with E-state index in [4.69, 9.17) is 0 Å². The third-order valence-corrected chi connectivity index (χ3v) is 3.71. The number of nitrogens with one attached hydrogen (secondary N) is 2. The fourth-order valence-electron chi connectivity index (χ4n) is 2.52. The number of imidazole rings is 1. The quantitative estimate of drug-likeness (QED) is 0.754. The fraction of sp³-hybridized carbons (Fsp3) is 0.375. The van der Waals surface area contributed by atoms with Gasteiger partial charge in [-0.2, -0.15) is 0 Å². The Morgan fingerprint density at radius 3 is 2.91 bits per heavy atom. The van der Waals surface area contributed by atoms with Crippen molar-refractivity contribution in [2.24, 2.45) is 5.92 Å². The van der Waals surface area contributed by atoms with Gasteiger partial charge >= 0.3 is 0 Å². The van der Waals surface area contributed by atoms with Gasteiger partial charge in [0.25, 0.3) is 0 Å².